The molecule has 1 heterocycles. The molecule has 0 bridgehead atoms. The van der Waals surface area contributed by atoms with E-state index in [1.54, 1.807) is 10.7 Å². The third kappa shape index (κ3) is 1.69. The van der Waals surface area contributed by atoms with Crippen molar-refractivity contribution >= 4 is 16.9 Å². The second kappa shape index (κ2) is 4.18. The van der Waals surface area contributed by atoms with Crippen molar-refractivity contribution in [2.24, 2.45) is 0 Å². The molecular weight excluding hydrogens is 204 g/mol. The zero-order valence-electron chi connectivity index (χ0n) is 8.92. The third-order valence-electron chi connectivity index (χ3n) is 2.37. The van der Waals surface area contributed by atoms with Crippen molar-refractivity contribution < 1.29 is 9.90 Å². The fourth-order valence-corrected chi connectivity index (χ4v) is 1.63. The number of fused-ring (bicyclic) bond motifs is 1. The van der Waals surface area contributed by atoms with Crippen molar-refractivity contribution in [2.45, 2.75) is 13.5 Å². The van der Waals surface area contributed by atoms with E-state index in [0.717, 1.165) is 5.52 Å². The Morgan fingerprint density at radius 1 is 1.50 bits per heavy atom. The van der Waals surface area contributed by atoms with Gasteiger partial charge in [-0.05, 0) is 13.0 Å². The fourth-order valence-electron chi connectivity index (χ4n) is 1.63. The van der Waals surface area contributed by atoms with Crippen LogP contribution >= 0.6 is 0 Å². The molecule has 0 saturated heterocycles. The largest absolute Gasteiger partial charge is 0.476 e. The maximum absolute atomic E-state index is 11.0. The minimum absolute atomic E-state index is 0.111. The van der Waals surface area contributed by atoms with Crippen molar-refractivity contribution in [3.05, 3.63) is 42.1 Å². The van der Waals surface area contributed by atoms with E-state index in [9.17, 15) is 4.79 Å². The molecule has 2 rings (SSSR count). The van der Waals surface area contributed by atoms with Crippen LogP contribution in [-0.4, -0.2) is 20.9 Å². The van der Waals surface area contributed by atoms with Crippen LogP contribution in [0.15, 0.2) is 36.4 Å². The van der Waals surface area contributed by atoms with E-state index in [1.165, 1.54) is 0 Å². The Morgan fingerprint density at radius 2 is 2.25 bits per heavy atom. The van der Waals surface area contributed by atoms with Gasteiger partial charge in [-0.3, -0.25) is 4.68 Å². The molecule has 0 aliphatic carbocycles. The van der Waals surface area contributed by atoms with Crippen LogP contribution in [0.25, 0.3) is 10.9 Å². The Hall–Kier alpha value is -2.10. The summed E-state index contributed by atoms with van der Waals surface area (Å²) in [4.78, 5) is 11.0. The molecule has 16 heavy (non-hydrogen) atoms. The Kier molecular flexibility index (Phi) is 2.72. The minimum Gasteiger partial charge on any atom is -0.476 e. The smallest absolute Gasteiger partial charge is 0.357 e. The van der Waals surface area contributed by atoms with Crippen LogP contribution in [0, 0.1) is 0 Å². The molecule has 1 N–H and O–H groups in total. The number of benzene rings is 1. The van der Waals surface area contributed by atoms with Crippen molar-refractivity contribution in [3.8, 4) is 0 Å². The first kappa shape index (κ1) is 10.4. The van der Waals surface area contributed by atoms with Crippen molar-refractivity contribution in [2.75, 3.05) is 0 Å². The molecule has 1 aromatic heterocycles. The third-order valence-corrected chi connectivity index (χ3v) is 2.37. The minimum atomic E-state index is -0.990. The quantitative estimate of drug-likeness (QED) is 0.801. The monoisotopic (exact) mass is 216 g/mol. The summed E-state index contributed by atoms with van der Waals surface area (Å²) in [6.07, 6.45) is 3.85. The lowest BCUT2D eigenvalue weighted by Crippen LogP contribution is -2.01. The van der Waals surface area contributed by atoms with Crippen LogP contribution in [-0.2, 0) is 6.54 Å². The predicted octanol–water partition coefficient (Wildman–Crippen LogP) is 2.31. The molecule has 0 atom stereocenters. The number of rotatable bonds is 3. The lowest BCUT2D eigenvalue weighted by atomic mass is 10.2. The fraction of sp³-hybridized carbons (Fsp3) is 0.167. The van der Waals surface area contributed by atoms with Crippen LogP contribution in [0.2, 0.25) is 0 Å². The van der Waals surface area contributed by atoms with E-state index in [-0.39, 0.29) is 5.69 Å². The molecule has 0 fully saturated rings. The van der Waals surface area contributed by atoms with Gasteiger partial charge < -0.3 is 5.11 Å². The number of hydrogen-bond acceptors (Lipinski definition) is 2. The molecule has 82 valence electrons. The van der Waals surface area contributed by atoms with Gasteiger partial charge in [0.1, 0.15) is 0 Å². The average Bonchev–Trinajstić information content (AvgIpc) is 2.65. The molecular formula is C12H12N2O2. The van der Waals surface area contributed by atoms with Crippen molar-refractivity contribution in [3.63, 3.8) is 0 Å². The first-order valence-electron chi connectivity index (χ1n) is 5.04. The van der Waals surface area contributed by atoms with Crippen LogP contribution in [0.4, 0.5) is 0 Å². The molecule has 0 radical (unpaired) electrons. The molecule has 4 heteroatoms. The molecule has 0 saturated carbocycles. The van der Waals surface area contributed by atoms with E-state index in [4.69, 9.17) is 5.11 Å². The molecule has 0 spiro atoms. The SMILES string of the molecule is C/C=C/Cn1nc(C(=O)O)c2ccccc21. The summed E-state index contributed by atoms with van der Waals surface area (Å²) in [6.45, 7) is 2.51. The van der Waals surface area contributed by atoms with Crippen LogP contribution in [0.5, 0.6) is 0 Å². The highest BCUT2D eigenvalue weighted by Crippen LogP contribution is 2.18. The number of aromatic nitrogens is 2. The Bertz CT molecular complexity index is 555. The maximum Gasteiger partial charge on any atom is 0.357 e. The number of carboxylic acid groups (broad SMARTS) is 1. The number of para-hydroxylation sites is 1. The molecule has 2 aromatic rings. The molecule has 0 unspecified atom stereocenters. The Morgan fingerprint density at radius 3 is 2.94 bits per heavy atom. The highest BCUT2D eigenvalue weighted by Gasteiger charge is 2.14. The number of allylic oxidation sites excluding steroid dienone is 2. The normalized spacial score (nSPS) is 11.3. The van der Waals surface area contributed by atoms with E-state index >= 15 is 0 Å². The molecule has 0 aliphatic heterocycles. The molecule has 0 amide bonds. The first-order chi connectivity index (χ1) is 7.74. The standard InChI is InChI=1S/C12H12N2O2/c1-2-3-8-14-10-7-5-4-6-9(10)11(13-14)12(15)16/h2-7H,8H2,1H3,(H,15,16)/b3-2+. The zero-order valence-corrected chi connectivity index (χ0v) is 8.92. The number of carboxylic acids is 1. The first-order valence-corrected chi connectivity index (χ1v) is 5.04. The summed E-state index contributed by atoms with van der Waals surface area (Å²) in [5.41, 5.74) is 0.957. The lowest BCUT2D eigenvalue weighted by molar-refractivity contribution is 0.0691. The second-order valence-electron chi connectivity index (χ2n) is 3.42. The van der Waals surface area contributed by atoms with Gasteiger partial charge in [0.05, 0.1) is 12.1 Å². The van der Waals surface area contributed by atoms with E-state index < -0.39 is 5.97 Å². The van der Waals surface area contributed by atoms with Crippen molar-refractivity contribution in [1.29, 1.82) is 0 Å². The van der Waals surface area contributed by atoms with E-state index in [0.29, 0.717) is 11.9 Å². The summed E-state index contributed by atoms with van der Waals surface area (Å²) in [5.74, 6) is -0.990. The van der Waals surface area contributed by atoms with Gasteiger partial charge in [-0.1, -0.05) is 30.4 Å². The number of carbonyl (C=O) groups is 1. The Labute approximate surface area is 92.8 Å². The van der Waals surface area contributed by atoms with Gasteiger partial charge in [-0.25, -0.2) is 4.79 Å². The Balaban J connectivity index is 2.61. The summed E-state index contributed by atoms with van der Waals surface area (Å²) in [5, 5.41) is 13.8. The number of aromatic carboxylic acids is 1. The summed E-state index contributed by atoms with van der Waals surface area (Å²) < 4.78 is 1.69. The number of nitrogens with zero attached hydrogens (tertiary/aromatic N) is 2. The van der Waals surface area contributed by atoms with Gasteiger partial charge in [0.2, 0.25) is 0 Å². The predicted molar refractivity (Wildman–Crippen MR) is 61.5 cm³/mol. The highest BCUT2D eigenvalue weighted by molar-refractivity contribution is 6.01. The maximum atomic E-state index is 11.0. The van der Waals surface area contributed by atoms with E-state index in [2.05, 4.69) is 5.10 Å². The van der Waals surface area contributed by atoms with Gasteiger partial charge in [0, 0.05) is 5.39 Å². The van der Waals surface area contributed by atoms with Gasteiger partial charge in [0.15, 0.2) is 5.69 Å². The topological polar surface area (TPSA) is 55.1 Å². The average molecular weight is 216 g/mol. The second-order valence-corrected chi connectivity index (χ2v) is 3.42. The van der Waals surface area contributed by atoms with Crippen LogP contribution < -0.4 is 0 Å². The summed E-state index contributed by atoms with van der Waals surface area (Å²) in [7, 11) is 0. The zero-order chi connectivity index (χ0) is 11.5. The highest BCUT2D eigenvalue weighted by atomic mass is 16.4. The van der Waals surface area contributed by atoms with Gasteiger partial charge in [-0.15, -0.1) is 0 Å². The summed E-state index contributed by atoms with van der Waals surface area (Å²) in [6, 6.07) is 7.34. The van der Waals surface area contributed by atoms with Crippen LogP contribution in [0.3, 0.4) is 0 Å². The number of hydrogen-bond donors (Lipinski definition) is 1. The van der Waals surface area contributed by atoms with Crippen LogP contribution in [0.1, 0.15) is 17.4 Å². The van der Waals surface area contributed by atoms with E-state index in [1.807, 2.05) is 37.3 Å². The molecule has 1 aromatic carbocycles. The molecule has 4 nitrogen and oxygen atoms in total. The van der Waals surface area contributed by atoms with Gasteiger partial charge in [0.25, 0.3) is 0 Å². The van der Waals surface area contributed by atoms with Crippen molar-refractivity contribution in [1.82, 2.24) is 9.78 Å². The summed E-state index contributed by atoms with van der Waals surface area (Å²) >= 11 is 0. The lowest BCUT2D eigenvalue weighted by Gasteiger charge is -1.97. The molecule has 0 aliphatic rings. The van der Waals surface area contributed by atoms with Gasteiger partial charge in [-0.2, -0.15) is 5.10 Å². The van der Waals surface area contributed by atoms with Gasteiger partial charge >= 0.3 is 5.97 Å².